The molecule has 2 rings (SSSR count). The Bertz CT molecular complexity index is 379. The summed E-state index contributed by atoms with van der Waals surface area (Å²) in [5, 5.41) is 8.30. The molecule has 0 saturated carbocycles. The van der Waals surface area contributed by atoms with Crippen LogP contribution in [-0.4, -0.2) is 39.5 Å². The first kappa shape index (κ1) is 13.5. The van der Waals surface area contributed by atoms with E-state index in [0.29, 0.717) is 6.04 Å². The molecule has 1 aliphatic rings. The smallest absolute Gasteiger partial charge is 0.102 e. The number of hydrogen-bond acceptors (Lipinski definition) is 4. The van der Waals surface area contributed by atoms with Crippen molar-refractivity contribution in [3.8, 4) is 0 Å². The quantitative estimate of drug-likeness (QED) is 0.877. The van der Waals surface area contributed by atoms with Gasteiger partial charge in [-0.3, -0.25) is 4.68 Å². The number of nitrogens with two attached hydrogens (primary N) is 1. The van der Waals surface area contributed by atoms with Gasteiger partial charge in [0.15, 0.2) is 0 Å². The molecule has 2 N–H and O–H groups in total. The van der Waals surface area contributed by atoms with Crippen molar-refractivity contribution in [2.45, 2.75) is 57.7 Å². The summed E-state index contributed by atoms with van der Waals surface area (Å²) in [7, 11) is 2.22. The lowest BCUT2D eigenvalue weighted by molar-refractivity contribution is 0.169. The molecule has 1 atom stereocenters. The summed E-state index contributed by atoms with van der Waals surface area (Å²) < 4.78 is 1.92. The average molecular weight is 251 g/mol. The van der Waals surface area contributed by atoms with Gasteiger partial charge in [0.1, 0.15) is 5.69 Å². The normalized spacial score (nSPS) is 22.3. The summed E-state index contributed by atoms with van der Waals surface area (Å²) >= 11 is 0. The summed E-state index contributed by atoms with van der Waals surface area (Å²) in [6, 6.07) is 0.692. The fourth-order valence-corrected chi connectivity index (χ4v) is 2.49. The van der Waals surface area contributed by atoms with Crippen LogP contribution in [0.15, 0.2) is 6.20 Å². The Morgan fingerprint density at radius 2 is 2.22 bits per heavy atom. The SMILES string of the molecule is CN1CCCCC1CCn1cc(C(C)(C)N)nn1. The highest BCUT2D eigenvalue weighted by molar-refractivity contribution is 5.05. The van der Waals surface area contributed by atoms with E-state index in [0.717, 1.165) is 18.7 Å². The van der Waals surface area contributed by atoms with E-state index in [4.69, 9.17) is 5.73 Å². The van der Waals surface area contributed by atoms with Crippen LogP contribution in [0.1, 0.15) is 45.2 Å². The number of rotatable bonds is 4. The molecule has 0 amide bonds. The van der Waals surface area contributed by atoms with Crippen LogP contribution in [0.25, 0.3) is 0 Å². The Morgan fingerprint density at radius 1 is 1.44 bits per heavy atom. The third-order valence-corrected chi connectivity index (χ3v) is 3.81. The molecule has 2 heterocycles. The van der Waals surface area contributed by atoms with Crippen LogP contribution in [0.4, 0.5) is 0 Å². The third kappa shape index (κ3) is 3.29. The Balaban J connectivity index is 1.88. The molecule has 1 aliphatic heterocycles. The number of aryl methyl sites for hydroxylation is 1. The topological polar surface area (TPSA) is 60.0 Å². The molecular weight excluding hydrogens is 226 g/mol. The van der Waals surface area contributed by atoms with Crippen LogP contribution in [0.5, 0.6) is 0 Å². The predicted molar refractivity (Wildman–Crippen MR) is 72.1 cm³/mol. The van der Waals surface area contributed by atoms with Gasteiger partial charge < -0.3 is 10.6 Å². The number of nitrogens with zero attached hydrogens (tertiary/aromatic N) is 4. The highest BCUT2D eigenvalue weighted by Crippen LogP contribution is 2.18. The van der Waals surface area contributed by atoms with E-state index in [1.165, 1.54) is 25.8 Å². The molecule has 0 bridgehead atoms. The standard InChI is InChI=1S/C13H25N5/c1-13(2,14)12-10-18(16-15-12)9-7-11-6-4-5-8-17(11)3/h10-11H,4-9,14H2,1-3H3. The minimum absolute atomic E-state index is 0.403. The zero-order valence-electron chi connectivity index (χ0n) is 11.8. The van der Waals surface area contributed by atoms with Gasteiger partial charge in [-0.2, -0.15) is 0 Å². The lowest BCUT2D eigenvalue weighted by Gasteiger charge is -2.32. The molecular formula is C13H25N5. The summed E-state index contributed by atoms with van der Waals surface area (Å²) in [6.45, 7) is 6.06. The second-order valence-corrected chi connectivity index (χ2v) is 6.01. The summed E-state index contributed by atoms with van der Waals surface area (Å²) in [4.78, 5) is 2.47. The van der Waals surface area contributed by atoms with Gasteiger partial charge in [-0.25, -0.2) is 0 Å². The maximum atomic E-state index is 6.01. The van der Waals surface area contributed by atoms with Crippen molar-refractivity contribution in [1.82, 2.24) is 19.9 Å². The zero-order valence-corrected chi connectivity index (χ0v) is 11.8. The van der Waals surface area contributed by atoms with Crippen molar-refractivity contribution in [2.75, 3.05) is 13.6 Å². The van der Waals surface area contributed by atoms with Crippen molar-refractivity contribution >= 4 is 0 Å². The van der Waals surface area contributed by atoms with Gasteiger partial charge in [-0.15, -0.1) is 5.10 Å². The lowest BCUT2D eigenvalue weighted by Crippen LogP contribution is -2.36. The van der Waals surface area contributed by atoms with Gasteiger partial charge >= 0.3 is 0 Å². The van der Waals surface area contributed by atoms with Gasteiger partial charge in [-0.1, -0.05) is 11.6 Å². The van der Waals surface area contributed by atoms with E-state index in [1.54, 1.807) is 0 Å². The fraction of sp³-hybridized carbons (Fsp3) is 0.846. The third-order valence-electron chi connectivity index (χ3n) is 3.81. The van der Waals surface area contributed by atoms with Gasteiger partial charge in [0.2, 0.25) is 0 Å². The van der Waals surface area contributed by atoms with Gasteiger partial charge in [0.25, 0.3) is 0 Å². The Morgan fingerprint density at radius 3 is 2.83 bits per heavy atom. The predicted octanol–water partition coefficient (Wildman–Crippen LogP) is 1.35. The summed E-state index contributed by atoms with van der Waals surface area (Å²) in [5.41, 5.74) is 6.46. The Hall–Kier alpha value is -0.940. The van der Waals surface area contributed by atoms with E-state index < -0.39 is 5.54 Å². The van der Waals surface area contributed by atoms with Crippen molar-refractivity contribution in [3.63, 3.8) is 0 Å². The van der Waals surface area contributed by atoms with Gasteiger partial charge in [-0.05, 0) is 46.7 Å². The largest absolute Gasteiger partial charge is 0.320 e. The molecule has 5 nitrogen and oxygen atoms in total. The first-order valence-corrected chi connectivity index (χ1v) is 6.86. The van der Waals surface area contributed by atoms with Crippen LogP contribution < -0.4 is 5.73 Å². The van der Waals surface area contributed by atoms with E-state index in [1.807, 2.05) is 24.7 Å². The first-order chi connectivity index (χ1) is 8.47. The molecule has 0 aliphatic carbocycles. The monoisotopic (exact) mass is 251 g/mol. The minimum atomic E-state index is -0.403. The van der Waals surface area contributed by atoms with Crippen molar-refractivity contribution in [2.24, 2.45) is 5.73 Å². The molecule has 1 fully saturated rings. The van der Waals surface area contributed by atoms with Gasteiger partial charge in [0.05, 0.1) is 11.7 Å². The van der Waals surface area contributed by atoms with E-state index in [-0.39, 0.29) is 0 Å². The number of hydrogen-bond donors (Lipinski definition) is 1. The Labute approximate surface area is 109 Å². The molecule has 1 aromatic rings. The molecule has 1 aromatic heterocycles. The summed E-state index contributed by atoms with van der Waals surface area (Å²) in [6.07, 6.45) is 7.11. The second-order valence-electron chi connectivity index (χ2n) is 6.01. The van der Waals surface area contributed by atoms with Crippen molar-refractivity contribution in [1.29, 1.82) is 0 Å². The maximum Gasteiger partial charge on any atom is 0.102 e. The molecule has 0 spiro atoms. The molecule has 0 aromatic carbocycles. The van der Waals surface area contributed by atoms with E-state index in [9.17, 15) is 0 Å². The second kappa shape index (κ2) is 5.36. The number of piperidine rings is 1. The van der Waals surface area contributed by atoms with Crippen LogP contribution >= 0.6 is 0 Å². The number of likely N-dealkylation sites (tertiary alicyclic amines) is 1. The molecule has 0 radical (unpaired) electrons. The molecule has 102 valence electrons. The van der Waals surface area contributed by atoms with Crippen molar-refractivity contribution < 1.29 is 0 Å². The molecule has 1 saturated heterocycles. The van der Waals surface area contributed by atoms with Crippen molar-refractivity contribution in [3.05, 3.63) is 11.9 Å². The average Bonchev–Trinajstić information content (AvgIpc) is 2.76. The van der Waals surface area contributed by atoms with Crippen LogP contribution in [0, 0.1) is 0 Å². The van der Waals surface area contributed by atoms with Crippen LogP contribution in [0.3, 0.4) is 0 Å². The fourth-order valence-electron chi connectivity index (χ4n) is 2.49. The highest BCUT2D eigenvalue weighted by Gasteiger charge is 2.20. The zero-order chi connectivity index (χ0) is 13.2. The van der Waals surface area contributed by atoms with E-state index >= 15 is 0 Å². The maximum absolute atomic E-state index is 6.01. The Kier molecular flexibility index (Phi) is 4.02. The van der Waals surface area contributed by atoms with Crippen LogP contribution in [-0.2, 0) is 12.1 Å². The molecule has 5 heteroatoms. The molecule has 18 heavy (non-hydrogen) atoms. The lowest BCUT2D eigenvalue weighted by atomic mass is 10.0. The number of aromatic nitrogens is 3. The first-order valence-electron chi connectivity index (χ1n) is 6.86. The van der Waals surface area contributed by atoms with Crippen LogP contribution in [0.2, 0.25) is 0 Å². The highest BCUT2D eigenvalue weighted by atomic mass is 15.4. The molecule has 1 unspecified atom stereocenters. The van der Waals surface area contributed by atoms with E-state index in [2.05, 4.69) is 22.3 Å². The minimum Gasteiger partial charge on any atom is -0.320 e. The van der Waals surface area contributed by atoms with Gasteiger partial charge in [0, 0.05) is 12.6 Å². The summed E-state index contributed by atoms with van der Waals surface area (Å²) in [5.74, 6) is 0.